The van der Waals surface area contributed by atoms with Gasteiger partial charge in [0.1, 0.15) is 0 Å². The van der Waals surface area contributed by atoms with Crippen molar-refractivity contribution in [3.05, 3.63) is 24.3 Å². The van der Waals surface area contributed by atoms with Gasteiger partial charge in [0, 0.05) is 6.42 Å². The molecular formula is C18H32O3. The number of carboxylic acid groups (broad SMARTS) is 1. The van der Waals surface area contributed by atoms with E-state index >= 15 is 0 Å². The Morgan fingerprint density at radius 3 is 2.43 bits per heavy atom. The van der Waals surface area contributed by atoms with Gasteiger partial charge in [0.25, 0.3) is 0 Å². The summed E-state index contributed by atoms with van der Waals surface area (Å²) in [7, 11) is 0. The average Bonchev–Trinajstić information content (AvgIpc) is 2.45. The van der Waals surface area contributed by atoms with Crippen LogP contribution in [0.2, 0.25) is 0 Å². The van der Waals surface area contributed by atoms with Crippen molar-refractivity contribution in [1.82, 2.24) is 0 Å². The van der Waals surface area contributed by atoms with Crippen molar-refractivity contribution in [3.8, 4) is 0 Å². The van der Waals surface area contributed by atoms with Crippen LogP contribution in [0.5, 0.6) is 0 Å². The summed E-state index contributed by atoms with van der Waals surface area (Å²) < 4.78 is 0. The second kappa shape index (κ2) is 15.3. The minimum Gasteiger partial charge on any atom is -0.481 e. The molecule has 0 aromatic heterocycles. The largest absolute Gasteiger partial charge is 0.481 e. The van der Waals surface area contributed by atoms with Crippen LogP contribution >= 0.6 is 0 Å². The van der Waals surface area contributed by atoms with Crippen LogP contribution in [0.25, 0.3) is 0 Å². The number of rotatable bonds is 14. The molecule has 3 heteroatoms. The summed E-state index contributed by atoms with van der Waals surface area (Å²) in [6, 6.07) is 0. The lowest BCUT2D eigenvalue weighted by Crippen LogP contribution is -2.01. The van der Waals surface area contributed by atoms with Crippen molar-refractivity contribution in [2.24, 2.45) is 0 Å². The fraction of sp³-hybridized carbons (Fsp3) is 0.722. The fourth-order valence-electron chi connectivity index (χ4n) is 2.14. The summed E-state index contributed by atoms with van der Waals surface area (Å²) in [6.45, 7) is 2.21. The summed E-state index contributed by atoms with van der Waals surface area (Å²) in [6.07, 6.45) is 18.4. The second-order valence-corrected chi connectivity index (χ2v) is 5.58. The summed E-state index contributed by atoms with van der Waals surface area (Å²) >= 11 is 0. The Morgan fingerprint density at radius 1 is 1.00 bits per heavy atom. The lowest BCUT2D eigenvalue weighted by Gasteiger charge is -2.04. The minimum absolute atomic E-state index is 0.255. The third-order valence-electron chi connectivity index (χ3n) is 3.45. The minimum atomic E-state index is -0.723. The highest BCUT2D eigenvalue weighted by Crippen LogP contribution is 2.08. The van der Waals surface area contributed by atoms with Crippen molar-refractivity contribution < 1.29 is 15.0 Å². The molecule has 0 heterocycles. The van der Waals surface area contributed by atoms with Crippen molar-refractivity contribution in [2.75, 3.05) is 0 Å². The lowest BCUT2D eigenvalue weighted by molar-refractivity contribution is -0.137. The molecule has 0 aliphatic rings. The van der Waals surface area contributed by atoms with E-state index in [4.69, 9.17) is 5.11 Å². The topological polar surface area (TPSA) is 57.5 Å². The normalized spacial score (nSPS) is 13.2. The lowest BCUT2D eigenvalue weighted by atomic mass is 10.1. The molecule has 0 fully saturated rings. The van der Waals surface area contributed by atoms with Crippen LogP contribution in [0.3, 0.4) is 0 Å². The van der Waals surface area contributed by atoms with Gasteiger partial charge in [-0.1, -0.05) is 69.8 Å². The number of unbranched alkanes of at least 4 members (excludes halogenated alkanes) is 7. The Balaban J connectivity index is 3.43. The number of aliphatic carboxylic acids is 1. The molecule has 0 amide bonds. The highest BCUT2D eigenvalue weighted by atomic mass is 16.4. The van der Waals surface area contributed by atoms with Gasteiger partial charge in [-0.3, -0.25) is 4.79 Å². The Hall–Kier alpha value is -1.09. The Bertz CT molecular complexity index is 295. The molecule has 2 N–H and O–H groups in total. The SMILES string of the molecule is CCCCCCC=CC=CC(O)CCCCCCC(=O)O. The van der Waals surface area contributed by atoms with Crippen molar-refractivity contribution in [1.29, 1.82) is 0 Å². The molecule has 0 aliphatic heterocycles. The van der Waals surface area contributed by atoms with Crippen LogP contribution in [-0.4, -0.2) is 22.3 Å². The van der Waals surface area contributed by atoms with Crippen LogP contribution in [0, 0.1) is 0 Å². The molecule has 0 spiro atoms. The second-order valence-electron chi connectivity index (χ2n) is 5.58. The number of aliphatic hydroxyl groups is 1. The highest BCUT2D eigenvalue weighted by molar-refractivity contribution is 5.66. The average molecular weight is 296 g/mol. The molecule has 1 unspecified atom stereocenters. The van der Waals surface area contributed by atoms with Gasteiger partial charge in [0.2, 0.25) is 0 Å². The van der Waals surface area contributed by atoms with Gasteiger partial charge in [0.05, 0.1) is 6.10 Å². The first-order chi connectivity index (χ1) is 10.2. The van der Waals surface area contributed by atoms with Crippen LogP contribution in [0.15, 0.2) is 24.3 Å². The van der Waals surface area contributed by atoms with Gasteiger partial charge in [-0.2, -0.15) is 0 Å². The Labute approximate surface area is 129 Å². The number of hydrogen-bond donors (Lipinski definition) is 2. The van der Waals surface area contributed by atoms with E-state index in [1.54, 1.807) is 0 Å². The predicted molar refractivity (Wildman–Crippen MR) is 88.4 cm³/mol. The third kappa shape index (κ3) is 16.9. The van der Waals surface area contributed by atoms with E-state index in [1.807, 2.05) is 18.2 Å². The first-order valence-corrected chi connectivity index (χ1v) is 8.40. The fourth-order valence-corrected chi connectivity index (χ4v) is 2.14. The van der Waals surface area contributed by atoms with Gasteiger partial charge in [-0.25, -0.2) is 0 Å². The van der Waals surface area contributed by atoms with E-state index in [0.717, 1.165) is 38.5 Å². The van der Waals surface area contributed by atoms with Gasteiger partial charge in [0.15, 0.2) is 0 Å². The van der Waals surface area contributed by atoms with Crippen LogP contribution < -0.4 is 0 Å². The molecule has 122 valence electrons. The van der Waals surface area contributed by atoms with Crippen molar-refractivity contribution in [3.63, 3.8) is 0 Å². The number of carboxylic acids is 1. The molecule has 21 heavy (non-hydrogen) atoms. The summed E-state index contributed by atoms with van der Waals surface area (Å²) in [4.78, 5) is 10.3. The maximum atomic E-state index is 10.3. The summed E-state index contributed by atoms with van der Waals surface area (Å²) in [5, 5.41) is 18.3. The predicted octanol–water partition coefficient (Wildman–Crippen LogP) is 4.86. The van der Waals surface area contributed by atoms with Gasteiger partial charge >= 0.3 is 5.97 Å². The number of aliphatic hydroxyl groups excluding tert-OH is 1. The first-order valence-electron chi connectivity index (χ1n) is 8.40. The van der Waals surface area contributed by atoms with Gasteiger partial charge in [-0.15, -0.1) is 0 Å². The summed E-state index contributed by atoms with van der Waals surface area (Å²) in [5.41, 5.74) is 0. The maximum absolute atomic E-state index is 10.3. The third-order valence-corrected chi connectivity index (χ3v) is 3.45. The van der Waals surface area contributed by atoms with Crippen LogP contribution in [0.4, 0.5) is 0 Å². The Morgan fingerprint density at radius 2 is 1.71 bits per heavy atom. The van der Waals surface area contributed by atoms with Crippen LogP contribution in [0.1, 0.15) is 77.6 Å². The standard InChI is InChI=1S/C18H32O3/c1-2-3-4-5-6-7-8-11-14-17(19)15-12-9-10-13-16-18(20)21/h7-8,11,14,17,19H,2-6,9-10,12-13,15-16H2,1H3,(H,20,21). The van der Waals surface area contributed by atoms with E-state index in [-0.39, 0.29) is 12.5 Å². The molecule has 1 atom stereocenters. The van der Waals surface area contributed by atoms with E-state index in [0.29, 0.717) is 0 Å². The molecule has 0 bridgehead atoms. The molecule has 0 aromatic carbocycles. The van der Waals surface area contributed by atoms with Gasteiger partial charge < -0.3 is 10.2 Å². The molecule has 0 radical (unpaired) electrons. The smallest absolute Gasteiger partial charge is 0.303 e. The molecule has 3 nitrogen and oxygen atoms in total. The van der Waals surface area contributed by atoms with E-state index in [2.05, 4.69) is 13.0 Å². The zero-order chi connectivity index (χ0) is 15.8. The molecule has 0 aliphatic carbocycles. The van der Waals surface area contributed by atoms with E-state index < -0.39 is 5.97 Å². The number of hydrogen-bond acceptors (Lipinski definition) is 2. The summed E-state index contributed by atoms with van der Waals surface area (Å²) in [5.74, 6) is -0.723. The van der Waals surface area contributed by atoms with Crippen molar-refractivity contribution in [2.45, 2.75) is 83.7 Å². The molecular weight excluding hydrogens is 264 g/mol. The highest BCUT2D eigenvalue weighted by Gasteiger charge is 1.99. The molecule has 0 saturated heterocycles. The first kappa shape index (κ1) is 19.9. The maximum Gasteiger partial charge on any atom is 0.303 e. The van der Waals surface area contributed by atoms with Gasteiger partial charge in [-0.05, 0) is 25.7 Å². The quantitative estimate of drug-likeness (QED) is 0.355. The Kier molecular flexibility index (Phi) is 14.5. The van der Waals surface area contributed by atoms with E-state index in [1.165, 1.54) is 25.7 Å². The van der Waals surface area contributed by atoms with E-state index in [9.17, 15) is 9.90 Å². The number of allylic oxidation sites excluding steroid dienone is 3. The molecule has 0 rings (SSSR count). The monoisotopic (exact) mass is 296 g/mol. The number of carbonyl (C=O) groups is 1. The molecule has 0 saturated carbocycles. The van der Waals surface area contributed by atoms with Crippen molar-refractivity contribution >= 4 is 5.97 Å². The zero-order valence-electron chi connectivity index (χ0n) is 13.5. The zero-order valence-corrected chi connectivity index (χ0v) is 13.5. The van der Waals surface area contributed by atoms with Crippen LogP contribution in [-0.2, 0) is 4.79 Å². The molecule has 0 aromatic rings.